The van der Waals surface area contributed by atoms with Gasteiger partial charge in [-0.25, -0.2) is 0 Å². The van der Waals surface area contributed by atoms with Crippen molar-refractivity contribution in [2.24, 2.45) is 0 Å². The summed E-state index contributed by atoms with van der Waals surface area (Å²) in [6, 6.07) is 11.7. The molecule has 10 nitrogen and oxygen atoms in total. The van der Waals surface area contributed by atoms with Gasteiger partial charge in [-0.3, -0.25) is 19.5 Å². The van der Waals surface area contributed by atoms with E-state index in [1.165, 1.54) is 39.8 Å². The monoisotopic (exact) mass is 623 g/mol. The zero-order chi connectivity index (χ0) is 29.4. The van der Waals surface area contributed by atoms with E-state index in [1.807, 2.05) is 6.92 Å². The van der Waals surface area contributed by atoms with E-state index in [-0.39, 0.29) is 41.3 Å². The summed E-state index contributed by atoms with van der Waals surface area (Å²) in [5, 5.41) is 22.0. The third-order valence-electron chi connectivity index (χ3n) is 5.35. The molecule has 0 radical (unpaired) electrons. The number of carbonyl (C=O) groups excluding carboxylic acids is 2. The third kappa shape index (κ3) is 8.43. The smallest absolute Gasteiger partial charge is 0.416 e. The summed E-state index contributed by atoms with van der Waals surface area (Å²) in [6.45, 7) is 1.87. The van der Waals surface area contributed by atoms with Gasteiger partial charge in [-0.2, -0.15) is 13.2 Å². The summed E-state index contributed by atoms with van der Waals surface area (Å²) in [4.78, 5) is 25.1. The van der Waals surface area contributed by atoms with Crippen LogP contribution < -0.4 is 15.4 Å². The van der Waals surface area contributed by atoms with Gasteiger partial charge in [0.05, 0.1) is 37.1 Å². The second-order valence-corrected chi connectivity index (χ2v) is 11.7. The van der Waals surface area contributed by atoms with Crippen molar-refractivity contribution in [1.29, 1.82) is 0 Å². The Labute approximate surface area is 245 Å². The van der Waals surface area contributed by atoms with Crippen molar-refractivity contribution in [3.63, 3.8) is 0 Å². The Hall–Kier alpha value is -3.63. The number of anilines is 1. The number of nitrogens with one attached hydrogen (secondary N) is 2. The first-order valence-electron chi connectivity index (χ1n) is 12.1. The van der Waals surface area contributed by atoms with E-state index in [0.29, 0.717) is 10.9 Å². The van der Waals surface area contributed by atoms with Crippen LogP contribution in [-0.2, 0) is 28.7 Å². The zero-order valence-electron chi connectivity index (χ0n) is 21.8. The normalized spacial score (nSPS) is 11.3. The second-order valence-electron chi connectivity index (χ2n) is 8.23. The Bertz CT molecular complexity index is 1490. The first-order chi connectivity index (χ1) is 19.7. The molecule has 0 aliphatic heterocycles. The molecule has 0 atom stereocenters. The molecule has 0 aliphatic carbocycles. The van der Waals surface area contributed by atoms with Crippen molar-refractivity contribution >= 4 is 51.8 Å². The summed E-state index contributed by atoms with van der Waals surface area (Å²) in [5.74, 6) is 0.836. The molecule has 0 spiro atoms. The van der Waals surface area contributed by atoms with E-state index in [2.05, 4.69) is 31.0 Å². The standard InChI is InChI=1S/C25H24F3N7O3S3/c1-3-39-24-34-32-22(41-24)30-21(37)14-40-23-33-31-19(35(23)17-6-4-5-16(12-17)25(26,27)28)13-29-20(36)11-15-7-9-18(38-2)10-8-15/h4-10,12H,3,11,13-14H2,1-2H3,(H,29,36)(H,30,32,37). The first kappa shape index (κ1) is 30.3. The number of carbonyl (C=O) groups is 2. The molecule has 2 amide bonds. The molecule has 2 N–H and O–H groups in total. The maximum atomic E-state index is 13.5. The summed E-state index contributed by atoms with van der Waals surface area (Å²) in [7, 11) is 1.54. The molecule has 4 aromatic rings. The first-order valence-corrected chi connectivity index (χ1v) is 14.9. The number of methoxy groups -OCH3 is 1. The van der Waals surface area contributed by atoms with Crippen molar-refractivity contribution in [3.8, 4) is 11.4 Å². The molecule has 0 bridgehead atoms. The fourth-order valence-corrected chi connectivity index (χ4v) is 5.92. The molecule has 16 heteroatoms. The zero-order valence-corrected chi connectivity index (χ0v) is 24.2. The fraction of sp³-hybridized carbons (Fsp3) is 0.280. The van der Waals surface area contributed by atoms with Gasteiger partial charge < -0.3 is 10.1 Å². The lowest BCUT2D eigenvalue weighted by Crippen LogP contribution is -2.26. The van der Waals surface area contributed by atoms with Gasteiger partial charge in [0.15, 0.2) is 15.3 Å². The highest BCUT2D eigenvalue weighted by Crippen LogP contribution is 2.32. The fourth-order valence-electron chi connectivity index (χ4n) is 3.49. The highest BCUT2D eigenvalue weighted by molar-refractivity contribution is 8.01. The number of rotatable bonds is 12. The van der Waals surface area contributed by atoms with Gasteiger partial charge in [-0.15, -0.1) is 20.4 Å². The SMILES string of the molecule is CCSc1nnc(NC(=O)CSc2nnc(CNC(=O)Cc3ccc(OC)cc3)n2-c2cccc(C(F)(F)F)c2)s1. The van der Waals surface area contributed by atoms with E-state index in [9.17, 15) is 22.8 Å². The number of hydrogen-bond donors (Lipinski definition) is 2. The topological polar surface area (TPSA) is 124 Å². The van der Waals surface area contributed by atoms with Crippen LogP contribution in [0.5, 0.6) is 5.75 Å². The molecule has 4 rings (SSSR count). The maximum absolute atomic E-state index is 13.5. The molecule has 2 heterocycles. The molecule has 0 aliphatic rings. The number of halogens is 3. The maximum Gasteiger partial charge on any atom is 0.416 e. The van der Waals surface area contributed by atoms with E-state index in [1.54, 1.807) is 31.4 Å². The van der Waals surface area contributed by atoms with Crippen molar-refractivity contribution in [1.82, 2.24) is 30.3 Å². The lowest BCUT2D eigenvalue weighted by molar-refractivity contribution is -0.137. The molecule has 0 saturated carbocycles. The second kappa shape index (κ2) is 13.8. The van der Waals surface area contributed by atoms with Crippen LogP contribution in [0.25, 0.3) is 5.69 Å². The number of ether oxygens (including phenoxy) is 1. The highest BCUT2D eigenvalue weighted by Gasteiger charge is 2.31. The molecule has 2 aromatic carbocycles. The van der Waals surface area contributed by atoms with E-state index < -0.39 is 17.6 Å². The number of thioether (sulfide) groups is 2. The van der Waals surface area contributed by atoms with Gasteiger partial charge in [-0.1, -0.05) is 60.0 Å². The van der Waals surface area contributed by atoms with Crippen LogP contribution in [0.15, 0.2) is 58.0 Å². The van der Waals surface area contributed by atoms with Crippen LogP contribution in [0.4, 0.5) is 18.3 Å². The Kier molecular flexibility index (Phi) is 10.2. The molecular formula is C25H24F3N7O3S3. The number of nitrogens with zero attached hydrogens (tertiary/aromatic N) is 5. The Morgan fingerprint density at radius 1 is 1.02 bits per heavy atom. The van der Waals surface area contributed by atoms with Gasteiger partial charge in [0.25, 0.3) is 0 Å². The lowest BCUT2D eigenvalue weighted by Gasteiger charge is -2.13. The van der Waals surface area contributed by atoms with Crippen molar-refractivity contribution in [3.05, 3.63) is 65.5 Å². The van der Waals surface area contributed by atoms with Crippen LogP contribution >= 0.6 is 34.9 Å². The summed E-state index contributed by atoms with van der Waals surface area (Å²) in [6.07, 6.45) is -4.49. The Morgan fingerprint density at radius 2 is 1.80 bits per heavy atom. The largest absolute Gasteiger partial charge is 0.497 e. The predicted octanol–water partition coefficient (Wildman–Crippen LogP) is 4.85. The van der Waals surface area contributed by atoms with Gasteiger partial charge in [-0.05, 0) is 41.6 Å². The summed E-state index contributed by atoms with van der Waals surface area (Å²) in [5.41, 5.74) is 0.0298. The van der Waals surface area contributed by atoms with Gasteiger partial charge in [0.1, 0.15) is 5.75 Å². The molecule has 41 heavy (non-hydrogen) atoms. The van der Waals surface area contributed by atoms with Gasteiger partial charge in [0.2, 0.25) is 16.9 Å². The molecule has 216 valence electrons. The molecular weight excluding hydrogens is 600 g/mol. The van der Waals surface area contributed by atoms with Crippen molar-refractivity contribution in [2.75, 3.05) is 23.9 Å². The minimum atomic E-state index is -4.57. The average molecular weight is 624 g/mol. The number of benzene rings is 2. The van der Waals surface area contributed by atoms with Gasteiger partial charge in [0, 0.05) is 0 Å². The van der Waals surface area contributed by atoms with Crippen LogP contribution in [-0.4, -0.2) is 55.4 Å². The summed E-state index contributed by atoms with van der Waals surface area (Å²) < 4.78 is 47.6. The number of hydrogen-bond acceptors (Lipinski definition) is 10. The van der Waals surface area contributed by atoms with E-state index in [4.69, 9.17) is 4.74 Å². The molecule has 2 aromatic heterocycles. The molecule has 0 unspecified atom stereocenters. The number of amides is 2. The number of alkyl halides is 3. The number of aromatic nitrogens is 5. The molecule has 0 saturated heterocycles. The van der Waals surface area contributed by atoms with Gasteiger partial charge >= 0.3 is 6.18 Å². The Morgan fingerprint density at radius 3 is 2.51 bits per heavy atom. The van der Waals surface area contributed by atoms with Crippen molar-refractivity contribution in [2.45, 2.75) is 35.6 Å². The van der Waals surface area contributed by atoms with Crippen LogP contribution in [0.3, 0.4) is 0 Å². The predicted molar refractivity (Wildman–Crippen MR) is 151 cm³/mol. The highest BCUT2D eigenvalue weighted by atomic mass is 32.2. The lowest BCUT2D eigenvalue weighted by atomic mass is 10.1. The minimum Gasteiger partial charge on any atom is -0.497 e. The van der Waals surface area contributed by atoms with Crippen LogP contribution in [0, 0.1) is 0 Å². The summed E-state index contributed by atoms with van der Waals surface area (Å²) >= 11 is 3.72. The average Bonchev–Trinajstić information content (AvgIpc) is 3.57. The van der Waals surface area contributed by atoms with E-state index >= 15 is 0 Å². The third-order valence-corrected chi connectivity index (χ3v) is 8.14. The molecule has 0 fully saturated rings. The van der Waals surface area contributed by atoms with Crippen LogP contribution in [0.1, 0.15) is 23.9 Å². The van der Waals surface area contributed by atoms with Crippen LogP contribution in [0.2, 0.25) is 0 Å². The Balaban J connectivity index is 1.49. The quantitative estimate of drug-likeness (QED) is 0.168. The minimum absolute atomic E-state index is 0.0769. The van der Waals surface area contributed by atoms with Crippen molar-refractivity contribution < 1.29 is 27.5 Å². The van der Waals surface area contributed by atoms with E-state index in [0.717, 1.165) is 39.6 Å².